The minimum absolute atomic E-state index is 0. The van der Waals surface area contributed by atoms with E-state index in [1.54, 1.807) is 0 Å². The molecule has 0 aliphatic carbocycles. The molecule has 0 spiro atoms. The second-order valence-corrected chi connectivity index (χ2v) is 16.4. The fourth-order valence-corrected chi connectivity index (χ4v) is 5.13. The summed E-state index contributed by atoms with van der Waals surface area (Å²) < 4.78 is 4.73. The van der Waals surface area contributed by atoms with Crippen LogP contribution in [0.25, 0.3) is 0 Å². The van der Waals surface area contributed by atoms with Crippen molar-refractivity contribution < 1.29 is 17.1 Å². The maximum atomic E-state index is 2.36. The Morgan fingerprint density at radius 1 is 0.565 bits per heavy atom. The van der Waals surface area contributed by atoms with Gasteiger partial charge in [0, 0.05) is 0 Å². The van der Waals surface area contributed by atoms with E-state index >= 15 is 0 Å². The first-order valence-electron chi connectivity index (χ1n) is 7.89. The van der Waals surface area contributed by atoms with Gasteiger partial charge in [0.25, 0.3) is 0 Å². The Balaban J connectivity index is 0.000000403. The average molecular weight is 388 g/mol. The Labute approximate surface area is 155 Å². The van der Waals surface area contributed by atoms with Crippen molar-refractivity contribution >= 4 is 26.8 Å². The van der Waals surface area contributed by atoms with Crippen LogP contribution in [0.15, 0.2) is 48.5 Å². The Bertz CT molecular complexity index is 479. The van der Waals surface area contributed by atoms with E-state index in [1.807, 2.05) is 0 Å². The third-order valence-electron chi connectivity index (χ3n) is 4.97. The minimum Gasteiger partial charge on any atom is -0.335 e. The minimum atomic E-state index is -1.27. The molecular weight excluding hydrogens is 356 g/mol. The van der Waals surface area contributed by atoms with Gasteiger partial charge in [-0.1, -0.05) is 26.2 Å². The van der Waals surface area contributed by atoms with Crippen molar-refractivity contribution in [1.29, 1.82) is 0 Å². The number of nitrogens with zero attached hydrogens (tertiary/aromatic N) is 2. The standard InChI is InChI=1S/2C9H16NSi.Fe/c2*1-10(2)11(3,4)9-7-5-6-8-9;/h2*5-8H,1-4H3;/q2*-1;+2. The molecule has 0 saturated heterocycles. The van der Waals surface area contributed by atoms with E-state index in [-0.39, 0.29) is 17.1 Å². The van der Waals surface area contributed by atoms with Crippen LogP contribution in [0.4, 0.5) is 0 Å². The zero-order valence-corrected chi connectivity index (χ0v) is 19.0. The van der Waals surface area contributed by atoms with Gasteiger partial charge in [0.2, 0.25) is 0 Å². The second-order valence-electron chi connectivity index (χ2n) is 7.25. The van der Waals surface area contributed by atoms with Gasteiger partial charge < -0.3 is 9.13 Å². The monoisotopic (exact) mass is 388 g/mol. The Hall–Kier alpha value is -0.427. The molecule has 0 aliphatic heterocycles. The van der Waals surface area contributed by atoms with Gasteiger partial charge in [-0.2, -0.15) is 24.3 Å². The predicted octanol–water partition coefficient (Wildman–Crippen LogP) is 2.76. The molecule has 130 valence electrons. The molecule has 2 rings (SSSR count). The van der Waals surface area contributed by atoms with Crippen LogP contribution < -0.4 is 10.4 Å². The molecular formula is C18H32FeN2Si2. The van der Waals surface area contributed by atoms with Crippen molar-refractivity contribution in [3.05, 3.63) is 48.5 Å². The molecule has 23 heavy (non-hydrogen) atoms. The third kappa shape index (κ3) is 5.85. The van der Waals surface area contributed by atoms with Crippen molar-refractivity contribution in [3.63, 3.8) is 0 Å². The first kappa shape index (κ1) is 22.6. The van der Waals surface area contributed by atoms with Gasteiger partial charge in [-0.05, 0) is 28.2 Å². The topological polar surface area (TPSA) is 6.48 Å². The molecule has 0 aromatic heterocycles. The van der Waals surface area contributed by atoms with Crippen LogP contribution in [0.5, 0.6) is 0 Å². The van der Waals surface area contributed by atoms with E-state index in [0.717, 1.165) is 0 Å². The molecule has 5 heteroatoms. The normalized spacial score (nSPS) is 11.9. The zero-order chi connectivity index (χ0) is 17.0. The first-order chi connectivity index (χ1) is 10.1. The molecule has 2 aromatic rings. The second kappa shape index (κ2) is 9.16. The average Bonchev–Trinajstić information content (AvgIpc) is 3.13. The molecule has 0 amide bonds. The summed E-state index contributed by atoms with van der Waals surface area (Å²) in [5.41, 5.74) is 0. The van der Waals surface area contributed by atoms with Gasteiger partial charge in [-0.3, -0.25) is 0 Å². The maximum Gasteiger partial charge on any atom is 2.00 e. The molecule has 0 aliphatic rings. The third-order valence-corrected chi connectivity index (χ3v) is 12.9. The molecule has 2 aromatic carbocycles. The molecule has 0 radical (unpaired) electrons. The van der Waals surface area contributed by atoms with Gasteiger partial charge in [-0.25, -0.2) is 24.3 Å². The van der Waals surface area contributed by atoms with E-state index in [0.29, 0.717) is 0 Å². The number of rotatable bonds is 4. The summed E-state index contributed by atoms with van der Waals surface area (Å²) in [5.74, 6) is 0. The molecule has 0 saturated carbocycles. The van der Waals surface area contributed by atoms with Crippen LogP contribution in [-0.2, 0) is 17.1 Å². The molecule has 0 fully saturated rings. The Morgan fingerprint density at radius 3 is 0.957 bits per heavy atom. The van der Waals surface area contributed by atoms with Gasteiger partial charge in [0.15, 0.2) is 0 Å². The molecule has 0 N–H and O–H groups in total. The Kier molecular flexibility index (Phi) is 8.99. The summed E-state index contributed by atoms with van der Waals surface area (Å²) in [6, 6.07) is 17.4. The summed E-state index contributed by atoms with van der Waals surface area (Å²) in [5, 5.41) is 3.03. The van der Waals surface area contributed by atoms with Crippen molar-refractivity contribution in [1.82, 2.24) is 9.13 Å². The van der Waals surface area contributed by atoms with Crippen LogP contribution in [0.3, 0.4) is 0 Å². The summed E-state index contributed by atoms with van der Waals surface area (Å²) >= 11 is 0. The molecule has 0 bridgehead atoms. The number of hydrogen-bond donors (Lipinski definition) is 0. The van der Waals surface area contributed by atoms with Crippen LogP contribution in [0.1, 0.15) is 0 Å². The van der Waals surface area contributed by atoms with E-state index in [1.165, 1.54) is 10.4 Å². The molecule has 0 heterocycles. The molecule has 0 unspecified atom stereocenters. The van der Waals surface area contributed by atoms with Gasteiger partial charge in [0.1, 0.15) is 0 Å². The summed E-state index contributed by atoms with van der Waals surface area (Å²) in [6.45, 7) is 9.45. The van der Waals surface area contributed by atoms with Crippen molar-refractivity contribution in [2.24, 2.45) is 0 Å². The van der Waals surface area contributed by atoms with E-state index in [2.05, 4.69) is 112 Å². The first-order valence-corrected chi connectivity index (χ1v) is 13.8. The maximum absolute atomic E-state index is 2.36. The van der Waals surface area contributed by atoms with Gasteiger partial charge in [-0.15, -0.1) is 10.4 Å². The smallest absolute Gasteiger partial charge is 0.335 e. The molecule has 0 atom stereocenters. The van der Waals surface area contributed by atoms with Crippen LogP contribution >= 0.6 is 0 Å². The van der Waals surface area contributed by atoms with E-state index < -0.39 is 16.5 Å². The van der Waals surface area contributed by atoms with Crippen LogP contribution in [0.2, 0.25) is 26.2 Å². The quantitative estimate of drug-likeness (QED) is 0.587. The van der Waals surface area contributed by atoms with Crippen molar-refractivity contribution in [3.8, 4) is 0 Å². The van der Waals surface area contributed by atoms with Gasteiger partial charge >= 0.3 is 17.1 Å². The Morgan fingerprint density at radius 2 is 0.783 bits per heavy atom. The zero-order valence-electron chi connectivity index (χ0n) is 15.9. The van der Waals surface area contributed by atoms with Crippen LogP contribution in [-0.4, -0.2) is 53.8 Å². The fourth-order valence-electron chi connectivity index (χ4n) is 2.08. The van der Waals surface area contributed by atoms with Crippen molar-refractivity contribution in [2.45, 2.75) is 26.2 Å². The van der Waals surface area contributed by atoms with E-state index in [9.17, 15) is 0 Å². The van der Waals surface area contributed by atoms with E-state index in [4.69, 9.17) is 0 Å². The molecule has 2 nitrogen and oxygen atoms in total. The fraction of sp³-hybridized carbons (Fsp3) is 0.444. The summed E-state index contributed by atoms with van der Waals surface area (Å²) in [4.78, 5) is 0. The van der Waals surface area contributed by atoms with Gasteiger partial charge in [0.05, 0.1) is 16.5 Å². The predicted molar refractivity (Wildman–Crippen MR) is 106 cm³/mol. The summed E-state index contributed by atoms with van der Waals surface area (Å²) in [7, 11) is 6.12. The SMILES string of the molecule is CN(C)[Si](C)(C)[c-]1cccc1.CN(C)[Si](C)(C)[c-]1cccc1.[Fe+2]. The van der Waals surface area contributed by atoms with Crippen molar-refractivity contribution in [2.75, 3.05) is 28.2 Å². The largest absolute Gasteiger partial charge is 2.00 e. The number of hydrogen-bond acceptors (Lipinski definition) is 2. The summed E-state index contributed by atoms with van der Waals surface area (Å²) in [6.07, 6.45) is 0. The van der Waals surface area contributed by atoms with Crippen LogP contribution in [0, 0.1) is 0 Å².